The molecule has 0 fully saturated rings. The van der Waals surface area contributed by atoms with Gasteiger partial charge in [-0.3, -0.25) is 0 Å². The number of aryl methyl sites for hydroxylation is 2. The number of cyclic esters (lactones) is 1. The minimum atomic E-state index is -4.55. The van der Waals surface area contributed by atoms with Crippen molar-refractivity contribution in [3.63, 3.8) is 0 Å². The Morgan fingerprint density at radius 2 is 1.20 bits per heavy atom. The fourth-order valence-electron chi connectivity index (χ4n) is 6.50. The van der Waals surface area contributed by atoms with Crippen molar-refractivity contribution in [3.8, 4) is 22.3 Å². The van der Waals surface area contributed by atoms with Gasteiger partial charge in [-0.15, -0.1) is 0 Å². The second-order valence-electron chi connectivity index (χ2n) is 16.3. The average Bonchev–Trinajstić information content (AvgIpc) is 3.52. The fraction of sp³-hybridized carbons (Fsp3) is 0.348. The Labute approximate surface area is 391 Å². The van der Waals surface area contributed by atoms with E-state index < -0.39 is 71.1 Å². The molecule has 4 aromatic rings. The summed E-state index contributed by atoms with van der Waals surface area (Å²) in [7, 11) is 0. The molecule has 0 aromatic heterocycles. The second-order valence-corrected chi connectivity index (χ2v) is 29.8. The summed E-state index contributed by atoms with van der Waals surface area (Å²) in [5.74, 6) is -0.266. The van der Waals surface area contributed by atoms with Gasteiger partial charge in [0.15, 0.2) is 18.0 Å². The normalized spacial score (nSPS) is 17.1. The Morgan fingerprint density at radius 1 is 0.688 bits per heavy atom. The topological polar surface area (TPSA) is 91.3 Å². The third kappa shape index (κ3) is 14.6. The van der Waals surface area contributed by atoms with Crippen LogP contribution in [0.5, 0.6) is 0 Å². The Kier molecular flexibility index (Phi) is 17.2. The van der Waals surface area contributed by atoms with Crippen molar-refractivity contribution in [2.45, 2.75) is 69.8 Å². The molecule has 0 saturated carbocycles. The zero-order valence-electron chi connectivity index (χ0n) is 36.8. The van der Waals surface area contributed by atoms with Crippen LogP contribution in [0.3, 0.4) is 0 Å². The fourth-order valence-corrected chi connectivity index (χ4v) is 11.1. The van der Waals surface area contributed by atoms with Gasteiger partial charge in [0.2, 0.25) is 6.49 Å². The molecule has 7 nitrogen and oxygen atoms in total. The SMILES string of the molecule is CP(C)(=S)OCC(F)(F)F.Cc1ccc(-c2ccccc2)c(C)c1C1=C(OP(C)(=S)OCC(F)(F)F)C(C)(C)OC1=O.Cc1ccc(-c2ccccc2)cc1C1=C(O)C(C)(C)[I-]C1=O. The van der Waals surface area contributed by atoms with Gasteiger partial charge < -0.3 is 18.3 Å². The molecule has 1 unspecified atom stereocenters. The Bertz CT molecular complexity index is 2530. The monoisotopic (exact) mass is 1080 g/mol. The summed E-state index contributed by atoms with van der Waals surface area (Å²) in [5.41, 5.74) is 7.68. The van der Waals surface area contributed by atoms with E-state index in [1.807, 2.05) is 107 Å². The number of esters is 1. The van der Waals surface area contributed by atoms with E-state index in [-0.39, 0.29) is 24.3 Å². The first-order chi connectivity index (χ1) is 29.3. The summed E-state index contributed by atoms with van der Waals surface area (Å²) in [4.78, 5) is 25.4. The molecule has 1 N–H and O–H groups in total. The average molecular weight is 1080 g/mol. The quantitative estimate of drug-likeness (QED) is 0.0417. The maximum atomic E-state index is 13.0. The van der Waals surface area contributed by atoms with Gasteiger partial charge in [-0.1, -0.05) is 54.3 Å². The van der Waals surface area contributed by atoms with Crippen molar-refractivity contribution in [1.29, 1.82) is 0 Å². The first-order valence-electron chi connectivity index (χ1n) is 19.5. The molecule has 348 valence electrons. The molecule has 0 saturated heterocycles. The predicted octanol–water partition coefficient (Wildman–Crippen LogP) is 10.1. The van der Waals surface area contributed by atoms with Crippen LogP contribution in [0.15, 0.2) is 103 Å². The molecule has 4 aromatic carbocycles. The predicted molar refractivity (Wildman–Crippen MR) is 245 cm³/mol. The van der Waals surface area contributed by atoms with Crippen LogP contribution in [0.25, 0.3) is 33.4 Å². The zero-order valence-corrected chi connectivity index (χ0v) is 42.4. The number of alkyl halides is 7. The number of rotatable bonds is 10. The van der Waals surface area contributed by atoms with E-state index in [2.05, 4.69) is 34.5 Å². The van der Waals surface area contributed by atoms with E-state index in [0.29, 0.717) is 11.1 Å². The molecule has 0 spiro atoms. The van der Waals surface area contributed by atoms with Crippen molar-refractivity contribution in [3.05, 3.63) is 130 Å². The zero-order chi connectivity index (χ0) is 48.2. The molecule has 2 aliphatic rings. The maximum absolute atomic E-state index is 13.0. The Hall–Kier alpha value is -3.37. The molecule has 6 rings (SSSR count). The van der Waals surface area contributed by atoms with Gasteiger partial charge in [0.1, 0.15) is 12.2 Å². The van der Waals surface area contributed by atoms with E-state index >= 15 is 0 Å². The number of hydrogen-bond donors (Lipinski definition) is 1. The van der Waals surface area contributed by atoms with Crippen LogP contribution < -0.4 is 21.2 Å². The van der Waals surface area contributed by atoms with Crippen molar-refractivity contribution < 1.29 is 80.6 Å². The molecule has 2 aliphatic heterocycles. The van der Waals surface area contributed by atoms with Crippen LogP contribution >= 0.6 is 12.8 Å². The Morgan fingerprint density at radius 3 is 1.69 bits per heavy atom. The summed E-state index contributed by atoms with van der Waals surface area (Å²) in [6, 6.07) is 29.7. The molecule has 0 amide bonds. The first-order valence-corrected chi connectivity index (χ1v) is 28.4. The molecule has 0 radical (unpaired) electrons. The third-order valence-electron chi connectivity index (χ3n) is 9.53. The van der Waals surface area contributed by atoms with E-state index in [1.165, 1.54) is 20.0 Å². The number of carbonyl (C=O) groups excluding carboxylic acids is 2. The van der Waals surface area contributed by atoms with E-state index in [1.54, 1.807) is 13.8 Å². The summed E-state index contributed by atoms with van der Waals surface area (Å²) in [5, 5.41) is 10.5. The molecule has 2 heterocycles. The van der Waals surface area contributed by atoms with Gasteiger partial charge >= 0.3 is 160 Å². The van der Waals surface area contributed by atoms with Crippen molar-refractivity contribution in [2.75, 3.05) is 33.2 Å². The van der Waals surface area contributed by atoms with Gasteiger partial charge in [-0.05, 0) is 80.6 Å². The number of halogens is 7. The molecular formula is C46H50F6IO7P2S2-. The van der Waals surface area contributed by atoms with Crippen molar-refractivity contribution >= 4 is 57.3 Å². The number of aliphatic hydroxyl groups is 1. The van der Waals surface area contributed by atoms with E-state index in [9.17, 15) is 41.0 Å². The number of aliphatic hydroxyl groups excluding tert-OH is 1. The van der Waals surface area contributed by atoms with Crippen LogP contribution in [-0.4, -0.2) is 69.4 Å². The van der Waals surface area contributed by atoms with Crippen molar-refractivity contribution in [2.24, 2.45) is 0 Å². The van der Waals surface area contributed by atoms with Crippen molar-refractivity contribution in [1.82, 2.24) is 0 Å². The molecular weight excluding hydrogens is 1030 g/mol. The van der Waals surface area contributed by atoms with Gasteiger partial charge in [-0.25, -0.2) is 4.79 Å². The standard InChI is InChI=1S/C23H24F3O4PS.C19H18IO2.C4H8F3OPS/c1-14-11-12-17(16-9-7-6-8-10-16)15(2)18(14)19-20(22(3,4)29-21(19)27)30-31(5,32)28-13-23(24,25)26;1-12-9-10-14(13-7-5-4-6-8-13)11-15(12)16-17(21)19(2,3)20-18(16)22;1-9(2,10)8-3-4(5,6)7/h6-12H,13H2,1-5H3;4-11,21H,1-3H3;3H2,1-2H3/q;-1;. The number of hydrogen-bond acceptors (Lipinski definition) is 9. The van der Waals surface area contributed by atoms with Crippen LogP contribution in [0.2, 0.25) is 0 Å². The summed E-state index contributed by atoms with van der Waals surface area (Å²) in [6.07, 6.45) is -10.9. The summed E-state index contributed by atoms with van der Waals surface area (Å²) >= 11 is 9.15. The summed E-state index contributed by atoms with van der Waals surface area (Å²) in [6.45, 7) is 11.0. The van der Waals surface area contributed by atoms with Crippen LogP contribution in [0.1, 0.15) is 55.5 Å². The third-order valence-corrected chi connectivity index (χ3v) is 15.1. The van der Waals surface area contributed by atoms with Crippen LogP contribution in [0, 0.1) is 20.8 Å². The number of ether oxygens (including phenoxy) is 1. The molecule has 1 atom stereocenters. The number of carbonyl (C=O) groups is 2. The molecule has 0 bridgehead atoms. The van der Waals surface area contributed by atoms with E-state index in [4.69, 9.17) is 25.6 Å². The van der Waals surface area contributed by atoms with E-state index in [0.717, 1.165) is 44.5 Å². The second kappa shape index (κ2) is 20.7. The van der Waals surface area contributed by atoms with Crippen LogP contribution in [-0.2, 0) is 51.5 Å². The van der Waals surface area contributed by atoms with Gasteiger partial charge in [0, 0.05) is 6.66 Å². The Balaban J connectivity index is 0.000000241. The van der Waals surface area contributed by atoms with Gasteiger partial charge in [-0.2, -0.15) is 26.3 Å². The summed E-state index contributed by atoms with van der Waals surface area (Å²) < 4.78 is 92.7. The molecule has 0 aliphatic carbocycles. The van der Waals surface area contributed by atoms with Gasteiger partial charge in [0.05, 0.1) is 6.26 Å². The first kappa shape index (κ1) is 53.2. The minimum absolute atomic E-state index is 0.0897. The van der Waals surface area contributed by atoms with Gasteiger partial charge in [0.25, 0.3) is 0 Å². The van der Waals surface area contributed by atoms with Crippen LogP contribution in [0.4, 0.5) is 26.3 Å². The number of allylic oxidation sites excluding steroid dienone is 2. The molecule has 64 heavy (non-hydrogen) atoms. The molecule has 18 heteroatoms. The number of benzene rings is 4.